The zero-order valence-electron chi connectivity index (χ0n) is 13.6. The molecule has 0 aliphatic heterocycles. The predicted octanol–water partition coefficient (Wildman–Crippen LogP) is 6.16. The van der Waals surface area contributed by atoms with E-state index in [1.807, 2.05) is 24.4 Å². The lowest BCUT2D eigenvalue weighted by Crippen LogP contribution is -1.90. The van der Waals surface area contributed by atoms with Crippen molar-refractivity contribution in [3.8, 4) is 11.1 Å². The topological polar surface area (TPSA) is 12.9 Å². The zero-order valence-corrected chi connectivity index (χ0v) is 13.6. The summed E-state index contributed by atoms with van der Waals surface area (Å²) < 4.78 is 13.2. The average molecular weight is 307 g/mol. The molecule has 1 aromatic heterocycles. The highest BCUT2D eigenvalue weighted by Gasteiger charge is 2.06. The second-order valence-corrected chi connectivity index (χ2v) is 6.03. The Morgan fingerprint density at radius 1 is 0.913 bits per heavy atom. The molecule has 1 nitrogen and oxygen atoms in total. The SMILES string of the molecule is CCCCCCc1ccc2nccc(-c3ccc(F)cc3)c2c1. The smallest absolute Gasteiger partial charge is 0.123 e. The van der Waals surface area contributed by atoms with Gasteiger partial charge in [-0.05, 0) is 59.9 Å². The van der Waals surface area contributed by atoms with Crippen molar-refractivity contribution < 1.29 is 4.39 Å². The van der Waals surface area contributed by atoms with Gasteiger partial charge in [0.25, 0.3) is 0 Å². The molecule has 0 saturated heterocycles. The van der Waals surface area contributed by atoms with Gasteiger partial charge in [0.15, 0.2) is 0 Å². The van der Waals surface area contributed by atoms with Crippen molar-refractivity contribution in [2.45, 2.75) is 39.0 Å². The van der Waals surface area contributed by atoms with Crippen LogP contribution >= 0.6 is 0 Å². The Bertz CT molecular complexity index is 777. The van der Waals surface area contributed by atoms with Crippen molar-refractivity contribution >= 4 is 10.9 Å². The number of aryl methyl sites for hydroxylation is 1. The maximum atomic E-state index is 13.2. The molecule has 0 saturated carbocycles. The summed E-state index contributed by atoms with van der Waals surface area (Å²) in [7, 11) is 0. The maximum absolute atomic E-state index is 13.2. The first-order valence-electron chi connectivity index (χ1n) is 8.41. The van der Waals surface area contributed by atoms with E-state index in [9.17, 15) is 4.39 Å². The summed E-state index contributed by atoms with van der Waals surface area (Å²) in [5, 5.41) is 1.15. The van der Waals surface area contributed by atoms with E-state index >= 15 is 0 Å². The number of halogens is 1. The summed E-state index contributed by atoms with van der Waals surface area (Å²) in [4.78, 5) is 4.46. The highest BCUT2D eigenvalue weighted by molar-refractivity contribution is 5.94. The molecular weight excluding hydrogens is 285 g/mol. The molecule has 3 rings (SSSR count). The maximum Gasteiger partial charge on any atom is 0.123 e. The number of pyridine rings is 1. The minimum atomic E-state index is -0.205. The van der Waals surface area contributed by atoms with Crippen LogP contribution in [0.5, 0.6) is 0 Å². The fourth-order valence-corrected chi connectivity index (χ4v) is 2.99. The fraction of sp³-hybridized carbons (Fsp3) is 0.286. The molecule has 1 heterocycles. The molecule has 23 heavy (non-hydrogen) atoms. The van der Waals surface area contributed by atoms with Crippen molar-refractivity contribution in [3.63, 3.8) is 0 Å². The van der Waals surface area contributed by atoms with E-state index in [-0.39, 0.29) is 5.82 Å². The zero-order chi connectivity index (χ0) is 16.1. The third-order valence-corrected chi connectivity index (χ3v) is 4.28. The summed E-state index contributed by atoms with van der Waals surface area (Å²) in [6, 6.07) is 15.2. The molecule has 2 aromatic carbocycles. The molecule has 0 fully saturated rings. The Kier molecular flexibility index (Phi) is 5.02. The first-order valence-corrected chi connectivity index (χ1v) is 8.41. The van der Waals surface area contributed by atoms with Gasteiger partial charge in [-0.2, -0.15) is 0 Å². The van der Waals surface area contributed by atoms with Gasteiger partial charge in [-0.25, -0.2) is 4.39 Å². The van der Waals surface area contributed by atoms with Crippen LogP contribution in [-0.4, -0.2) is 4.98 Å². The van der Waals surface area contributed by atoms with Crippen LogP contribution < -0.4 is 0 Å². The highest BCUT2D eigenvalue weighted by Crippen LogP contribution is 2.28. The third kappa shape index (κ3) is 3.76. The third-order valence-electron chi connectivity index (χ3n) is 4.28. The number of hydrogen-bond acceptors (Lipinski definition) is 1. The van der Waals surface area contributed by atoms with Gasteiger partial charge in [0.1, 0.15) is 5.82 Å². The summed E-state index contributed by atoms with van der Waals surface area (Å²) in [6.07, 6.45) is 8.00. The van der Waals surface area contributed by atoms with Gasteiger partial charge >= 0.3 is 0 Å². The standard InChI is InChI=1S/C21H22FN/c1-2-3-4-5-6-16-7-12-21-20(15-16)19(13-14-23-21)17-8-10-18(22)11-9-17/h7-15H,2-6H2,1H3. The van der Waals surface area contributed by atoms with Gasteiger partial charge in [-0.3, -0.25) is 4.98 Å². The quantitative estimate of drug-likeness (QED) is 0.497. The number of benzene rings is 2. The summed E-state index contributed by atoms with van der Waals surface area (Å²) in [5.41, 5.74) is 4.49. The molecule has 0 atom stereocenters. The Morgan fingerprint density at radius 2 is 1.74 bits per heavy atom. The summed E-state index contributed by atoms with van der Waals surface area (Å²) >= 11 is 0. The van der Waals surface area contributed by atoms with Crippen molar-refractivity contribution in [1.29, 1.82) is 0 Å². The molecular formula is C21H22FN. The number of aromatic nitrogens is 1. The lowest BCUT2D eigenvalue weighted by molar-refractivity contribution is 0.628. The van der Waals surface area contributed by atoms with Crippen LogP contribution in [0.2, 0.25) is 0 Å². The fourth-order valence-electron chi connectivity index (χ4n) is 2.99. The lowest BCUT2D eigenvalue weighted by atomic mass is 9.98. The number of fused-ring (bicyclic) bond motifs is 1. The van der Waals surface area contributed by atoms with Gasteiger partial charge in [-0.15, -0.1) is 0 Å². The van der Waals surface area contributed by atoms with Gasteiger partial charge in [0, 0.05) is 11.6 Å². The van der Waals surface area contributed by atoms with Gasteiger partial charge in [0.05, 0.1) is 5.52 Å². The molecule has 0 bridgehead atoms. The van der Waals surface area contributed by atoms with E-state index in [1.54, 1.807) is 0 Å². The van der Waals surface area contributed by atoms with E-state index in [0.717, 1.165) is 28.5 Å². The van der Waals surface area contributed by atoms with Crippen LogP contribution in [0.3, 0.4) is 0 Å². The average Bonchev–Trinajstić information content (AvgIpc) is 2.59. The largest absolute Gasteiger partial charge is 0.256 e. The second-order valence-electron chi connectivity index (χ2n) is 6.03. The number of nitrogens with zero attached hydrogens (tertiary/aromatic N) is 1. The normalized spacial score (nSPS) is 11.0. The van der Waals surface area contributed by atoms with E-state index in [2.05, 4.69) is 30.1 Å². The summed E-state index contributed by atoms with van der Waals surface area (Å²) in [5.74, 6) is -0.205. The van der Waals surface area contributed by atoms with Crippen molar-refractivity contribution in [2.75, 3.05) is 0 Å². The van der Waals surface area contributed by atoms with Crippen molar-refractivity contribution in [2.24, 2.45) is 0 Å². The molecule has 0 aliphatic rings. The minimum Gasteiger partial charge on any atom is -0.256 e. The van der Waals surface area contributed by atoms with E-state index in [0.29, 0.717) is 0 Å². The molecule has 0 radical (unpaired) electrons. The second kappa shape index (κ2) is 7.36. The number of rotatable bonds is 6. The van der Waals surface area contributed by atoms with Crippen LogP contribution in [0.1, 0.15) is 38.2 Å². The van der Waals surface area contributed by atoms with Crippen LogP contribution in [0.25, 0.3) is 22.0 Å². The van der Waals surface area contributed by atoms with Gasteiger partial charge in [-0.1, -0.05) is 44.4 Å². The number of unbranched alkanes of at least 4 members (excludes halogenated alkanes) is 3. The van der Waals surface area contributed by atoms with Crippen molar-refractivity contribution in [3.05, 3.63) is 66.1 Å². The van der Waals surface area contributed by atoms with Gasteiger partial charge < -0.3 is 0 Å². The Balaban J connectivity index is 1.93. The lowest BCUT2D eigenvalue weighted by Gasteiger charge is -2.09. The molecule has 0 amide bonds. The van der Waals surface area contributed by atoms with Crippen LogP contribution in [0.15, 0.2) is 54.7 Å². The van der Waals surface area contributed by atoms with Crippen LogP contribution in [0.4, 0.5) is 4.39 Å². The highest BCUT2D eigenvalue weighted by atomic mass is 19.1. The van der Waals surface area contributed by atoms with Crippen LogP contribution in [0, 0.1) is 5.82 Å². The first-order chi connectivity index (χ1) is 11.3. The molecule has 0 unspecified atom stereocenters. The molecule has 0 spiro atoms. The predicted molar refractivity (Wildman–Crippen MR) is 95.0 cm³/mol. The Morgan fingerprint density at radius 3 is 2.52 bits per heavy atom. The Labute approximate surface area is 137 Å². The van der Waals surface area contributed by atoms with Crippen LogP contribution in [-0.2, 0) is 6.42 Å². The van der Waals surface area contributed by atoms with E-state index in [4.69, 9.17) is 0 Å². The molecule has 118 valence electrons. The van der Waals surface area contributed by atoms with Crippen molar-refractivity contribution in [1.82, 2.24) is 4.98 Å². The minimum absolute atomic E-state index is 0.205. The monoisotopic (exact) mass is 307 g/mol. The molecule has 3 aromatic rings. The van der Waals surface area contributed by atoms with E-state index < -0.39 is 0 Å². The first kappa shape index (κ1) is 15.7. The van der Waals surface area contributed by atoms with E-state index in [1.165, 1.54) is 43.4 Å². The molecule has 2 heteroatoms. The summed E-state index contributed by atoms with van der Waals surface area (Å²) in [6.45, 7) is 2.23. The van der Waals surface area contributed by atoms with Gasteiger partial charge in [0.2, 0.25) is 0 Å². The number of hydrogen-bond donors (Lipinski definition) is 0. The Hall–Kier alpha value is -2.22. The molecule has 0 aliphatic carbocycles. The molecule has 0 N–H and O–H groups in total.